The first-order valence-electron chi connectivity index (χ1n) is 8.84. The molecule has 6 heteroatoms. The quantitative estimate of drug-likeness (QED) is 0.875. The van der Waals surface area contributed by atoms with Gasteiger partial charge in [-0.1, -0.05) is 6.42 Å². The molecule has 2 heterocycles. The summed E-state index contributed by atoms with van der Waals surface area (Å²) in [5.41, 5.74) is 0. The summed E-state index contributed by atoms with van der Waals surface area (Å²) in [6, 6.07) is 2.04. The van der Waals surface area contributed by atoms with Crippen LogP contribution >= 0.6 is 0 Å². The van der Waals surface area contributed by atoms with E-state index in [1.807, 2.05) is 15.6 Å². The van der Waals surface area contributed by atoms with Crippen molar-refractivity contribution in [2.75, 3.05) is 25.0 Å². The topological polar surface area (TPSA) is 59.4 Å². The number of aromatic nitrogens is 2. The van der Waals surface area contributed by atoms with Gasteiger partial charge >= 0.3 is 6.03 Å². The van der Waals surface area contributed by atoms with E-state index >= 15 is 0 Å². The smallest absolute Gasteiger partial charge is 0.323 e. The van der Waals surface area contributed by atoms with Crippen molar-refractivity contribution in [3.8, 4) is 0 Å². The summed E-state index contributed by atoms with van der Waals surface area (Å²) < 4.78 is 7.56. The van der Waals surface area contributed by atoms with Gasteiger partial charge in [0.25, 0.3) is 0 Å². The molecule has 1 aromatic rings. The van der Waals surface area contributed by atoms with Gasteiger partial charge in [-0.2, -0.15) is 5.10 Å². The fourth-order valence-electron chi connectivity index (χ4n) is 3.27. The van der Waals surface area contributed by atoms with Crippen LogP contribution in [0.3, 0.4) is 0 Å². The largest absolute Gasteiger partial charge is 0.376 e. The summed E-state index contributed by atoms with van der Waals surface area (Å²) in [7, 11) is 0. The van der Waals surface area contributed by atoms with Gasteiger partial charge in [0.2, 0.25) is 0 Å². The van der Waals surface area contributed by atoms with Gasteiger partial charge in [0.05, 0.1) is 12.3 Å². The molecule has 0 bridgehead atoms. The molecule has 2 fully saturated rings. The lowest BCUT2D eigenvalue weighted by Gasteiger charge is -2.33. The van der Waals surface area contributed by atoms with Crippen molar-refractivity contribution in [2.45, 2.75) is 58.1 Å². The summed E-state index contributed by atoms with van der Waals surface area (Å²) in [6.45, 7) is 6.46. The lowest BCUT2D eigenvalue weighted by atomic mass is 9.85. The highest BCUT2D eigenvalue weighted by Gasteiger charge is 2.28. The summed E-state index contributed by atoms with van der Waals surface area (Å²) in [5, 5.41) is 7.31. The van der Waals surface area contributed by atoms with E-state index in [0.29, 0.717) is 12.5 Å². The van der Waals surface area contributed by atoms with Crippen LogP contribution in [0.5, 0.6) is 0 Å². The molecule has 6 nitrogen and oxygen atoms in total. The van der Waals surface area contributed by atoms with Gasteiger partial charge in [-0.15, -0.1) is 0 Å². The lowest BCUT2D eigenvalue weighted by Crippen LogP contribution is -2.44. The number of urea groups is 1. The Morgan fingerprint density at radius 3 is 2.83 bits per heavy atom. The molecule has 23 heavy (non-hydrogen) atoms. The highest BCUT2D eigenvalue weighted by Crippen LogP contribution is 2.28. The number of carbonyl (C=O) groups is 1. The average Bonchev–Trinajstić information content (AvgIpc) is 3.12. The SMILES string of the molecule is CC(C)n1nccc1NC(=O)N(CC1CCC1)CC1CCCO1. The van der Waals surface area contributed by atoms with Crippen LogP contribution in [-0.4, -0.2) is 46.5 Å². The van der Waals surface area contributed by atoms with Crippen molar-refractivity contribution in [1.82, 2.24) is 14.7 Å². The Kier molecular flexibility index (Phi) is 5.20. The minimum absolute atomic E-state index is 0.0326. The maximum Gasteiger partial charge on any atom is 0.323 e. The molecule has 0 radical (unpaired) electrons. The fraction of sp³-hybridized carbons (Fsp3) is 0.765. The average molecular weight is 320 g/mol. The van der Waals surface area contributed by atoms with E-state index in [9.17, 15) is 4.79 Å². The van der Waals surface area contributed by atoms with Crippen molar-refractivity contribution >= 4 is 11.8 Å². The van der Waals surface area contributed by atoms with Crippen molar-refractivity contribution in [3.63, 3.8) is 0 Å². The van der Waals surface area contributed by atoms with Crippen LogP contribution in [0.2, 0.25) is 0 Å². The van der Waals surface area contributed by atoms with E-state index in [0.717, 1.165) is 31.8 Å². The van der Waals surface area contributed by atoms with Crippen molar-refractivity contribution in [1.29, 1.82) is 0 Å². The second-order valence-corrected chi connectivity index (χ2v) is 7.02. The molecule has 1 aliphatic carbocycles. The van der Waals surface area contributed by atoms with E-state index in [1.165, 1.54) is 19.3 Å². The lowest BCUT2D eigenvalue weighted by molar-refractivity contribution is 0.0748. The van der Waals surface area contributed by atoms with E-state index < -0.39 is 0 Å². The van der Waals surface area contributed by atoms with Crippen molar-refractivity contribution < 1.29 is 9.53 Å². The molecule has 0 aromatic carbocycles. The molecule has 1 atom stereocenters. The first-order valence-corrected chi connectivity index (χ1v) is 8.84. The van der Waals surface area contributed by atoms with Crippen LogP contribution in [-0.2, 0) is 4.74 Å². The summed E-state index contributed by atoms with van der Waals surface area (Å²) in [5.74, 6) is 1.41. The molecule has 1 saturated heterocycles. The molecule has 1 saturated carbocycles. The first-order chi connectivity index (χ1) is 11.1. The molecule has 2 aliphatic rings. The third kappa shape index (κ3) is 4.05. The Morgan fingerprint density at radius 2 is 2.22 bits per heavy atom. The number of hydrogen-bond acceptors (Lipinski definition) is 3. The van der Waals surface area contributed by atoms with Crippen LogP contribution in [0.1, 0.15) is 52.0 Å². The summed E-state index contributed by atoms with van der Waals surface area (Å²) in [6.07, 6.45) is 7.84. The fourth-order valence-corrected chi connectivity index (χ4v) is 3.27. The van der Waals surface area contributed by atoms with Gasteiger partial charge in [-0.05, 0) is 45.4 Å². The number of nitrogens with one attached hydrogen (secondary N) is 1. The zero-order valence-corrected chi connectivity index (χ0v) is 14.2. The van der Waals surface area contributed by atoms with Crippen LogP contribution in [0.25, 0.3) is 0 Å². The van der Waals surface area contributed by atoms with E-state index in [4.69, 9.17) is 4.74 Å². The number of nitrogens with zero attached hydrogens (tertiary/aromatic N) is 3. The van der Waals surface area contributed by atoms with Gasteiger partial charge in [0.15, 0.2) is 0 Å². The normalized spacial score (nSPS) is 21.4. The maximum absolute atomic E-state index is 12.8. The van der Waals surface area contributed by atoms with Crippen LogP contribution in [0.4, 0.5) is 10.6 Å². The second-order valence-electron chi connectivity index (χ2n) is 7.02. The van der Waals surface area contributed by atoms with Gasteiger partial charge in [-0.3, -0.25) is 5.32 Å². The molecule has 0 spiro atoms. The molecule has 1 aliphatic heterocycles. The van der Waals surface area contributed by atoms with Gasteiger partial charge in [0, 0.05) is 31.8 Å². The maximum atomic E-state index is 12.8. The Labute approximate surface area is 138 Å². The monoisotopic (exact) mass is 320 g/mol. The van der Waals surface area contributed by atoms with Crippen LogP contribution in [0, 0.1) is 5.92 Å². The van der Waals surface area contributed by atoms with Crippen LogP contribution < -0.4 is 5.32 Å². The van der Waals surface area contributed by atoms with Gasteiger partial charge < -0.3 is 9.64 Å². The standard InChI is InChI=1S/C17H28N4O2/c1-13(2)21-16(8-9-18-21)19-17(22)20(11-14-5-3-6-14)12-15-7-4-10-23-15/h8-9,13-15H,3-7,10-12H2,1-2H3,(H,19,22). The molecule has 128 valence electrons. The molecule has 1 unspecified atom stereocenters. The third-order valence-corrected chi connectivity index (χ3v) is 4.83. The number of anilines is 1. The molecular weight excluding hydrogens is 292 g/mol. The predicted molar refractivity (Wildman–Crippen MR) is 89.5 cm³/mol. The zero-order chi connectivity index (χ0) is 16.2. The Balaban J connectivity index is 1.64. The van der Waals surface area contributed by atoms with E-state index in [-0.39, 0.29) is 18.2 Å². The number of amides is 2. The molecule has 1 aromatic heterocycles. The predicted octanol–water partition coefficient (Wildman–Crippen LogP) is 3.28. The highest BCUT2D eigenvalue weighted by molar-refractivity contribution is 5.88. The molecule has 2 amide bonds. The second kappa shape index (κ2) is 7.34. The summed E-state index contributed by atoms with van der Waals surface area (Å²) in [4.78, 5) is 14.7. The zero-order valence-electron chi connectivity index (χ0n) is 14.2. The van der Waals surface area contributed by atoms with Crippen LogP contribution in [0.15, 0.2) is 12.3 Å². The number of carbonyl (C=O) groups excluding carboxylic acids is 1. The van der Waals surface area contributed by atoms with E-state index in [2.05, 4.69) is 24.3 Å². The van der Waals surface area contributed by atoms with E-state index in [1.54, 1.807) is 6.20 Å². The Morgan fingerprint density at radius 1 is 1.39 bits per heavy atom. The van der Waals surface area contributed by atoms with Gasteiger partial charge in [-0.25, -0.2) is 9.48 Å². The highest BCUT2D eigenvalue weighted by atomic mass is 16.5. The Bertz CT molecular complexity index is 518. The summed E-state index contributed by atoms with van der Waals surface area (Å²) >= 11 is 0. The minimum atomic E-state index is -0.0326. The van der Waals surface area contributed by atoms with Gasteiger partial charge in [0.1, 0.15) is 5.82 Å². The number of rotatable bonds is 6. The minimum Gasteiger partial charge on any atom is -0.376 e. The van der Waals surface area contributed by atoms with Crippen molar-refractivity contribution in [3.05, 3.63) is 12.3 Å². The molecule has 1 N–H and O–H groups in total. The number of hydrogen-bond donors (Lipinski definition) is 1. The molecule has 3 rings (SSSR count). The molecular formula is C17H28N4O2. The van der Waals surface area contributed by atoms with Crippen molar-refractivity contribution in [2.24, 2.45) is 5.92 Å². The first kappa shape index (κ1) is 16.3. The number of ether oxygens (including phenoxy) is 1. The third-order valence-electron chi connectivity index (χ3n) is 4.83. The Hall–Kier alpha value is -1.56.